The van der Waals surface area contributed by atoms with E-state index in [4.69, 9.17) is 0 Å². The van der Waals surface area contributed by atoms with Gasteiger partial charge < -0.3 is 5.11 Å². The lowest BCUT2D eigenvalue weighted by Gasteiger charge is -2.37. The summed E-state index contributed by atoms with van der Waals surface area (Å²) in [5, 5.41) is 22.5. The Kier molecular flexibility index (Phi) is 2.76. The molecule has 2 aliphatic rings. The van der Waals surface area contributed by atoms with E-state index < -0.39 is 5.54 Å². The van der Waals surface area contributed by atoms with Crippen molar-refractivity contribution in [3.05, 3.63) is 0 Å². The smallest absolute Gasteiger partial charge is 0.112 e. The summed E-state index contributed by atoms with van der Waals surface area (Å²) in [5.41, 5.74) is -0.417. The first-order chi connectivity index (χ1) is 6.78. The predicted octanol–water partition coefficient (Wildman–Crippen LogP) is 1.18. The minimum atomic E-state index is -0.417. The molecule has 3 unspecified atom stereocenters. The summed E-state index contributed by atoms with van der Waals surface area (Å²) >= 11 is 0. The average molecular weight is 194 g/mol. The monoisotopic (exact) mass is 194 g/mol. The summed E-state index contributed by atoms with van der Waals surface area (Å²) in [5.74, 6) is 0.156. The van der Waals surface area contributed by atoms with Gasteiger partial charge in [0.15, 0.2) is 0 Å². The topological polar surface area (TPSA) is 56.0 Å². The molecule has 1 saturated heterocycles. The van der Waals surface area contributed by atoms with Crippen molar-refractivity contribution in [3.63, 3.8) is 0 Å². The van der Waals surface area contributed by atoms with Crippen LogP contribution in [-0.4, -0.2) is 23.3 Å². The van der Waals surface area contributed by atoms with Gasteiger partial charge in [0.25, 0.3) is 0 Å². The van der Waals surface area contributed by atoms with Crippen molar-refractivity contribution in [3.8, 4) is 6.07 Å². The fraction of sp³-hybridized carbons (Fsp3) is 0.909. The van der Waals surface area contributed by atoms with Crippen LogP contribution >= 0.6 is 0 Å². The molecular formula is C11H18N2O. The lowest BCUT2D eigenvalue weighted by atomic mass is 9.73. The molecule has 0 spiro atoms. The van der Waals surface area contributed by atoms with E-state index in [1.165, 1.54) is 0 Å². The largest absolute Gasteiger partial charge is 0.393 e. The summed E-state index contributed by atoms with van der Waals surface area (Å²) in [6.45, 7) is 0.927. The van der Waals surface area contributed by atoms with Crippen LogP contribution in [0.3, 0.4) is 0 Å². The Bertz CT molecular complexity index is 240. The molecule has 2 fully saturated rings. The Labute approximate surface area is 85.1 Å². The van der Waals surface area contributed by atoms with Crippen LogP contribution in [0.5, 0.6) is 0 Å². The molecule has 78 valence electrons. The number of aliphatic hydroxyl groups is 1. The molecule has 0 aromatic rings. The van der Waals surface area contributed by atoms with E-state index in [1.807, 2.05) is 0 Å². The van der Waals surface area contributed by atoms with E-state index in [0.717, 1.165) is 45.1 Å². The lowest BCUT2D eigenvalue weighted by molar-refractivity contribution is 0.0343. The third kappa shape index (κ3) is 1.53. The highest BCUT2D eigenvalue weighted by Gasteiger charge is 2.45. The van der Waals surface area contributed by atoms with Crippen molar-refractivity contribution < 1.29 is 5.11 Å². The fourth-order valence-corrected chi connectivity index (χ4v) is 2.95. The second kappa shape index (κ2) is 3.88. The molecule has 1 heterocycles. The Morgan fingerprint density at radius 1 is 1.29 bits per heavy atom. The van der Waals surface area contributed by atoms with Gasteiger partial charge in [-0.1, -0.05) is 12.8 Å². The molecule has 1 aliphatic carbocycles. The summed E-state index contributed by atoms with van der Waals surface area (Å²) in [6.07, 6.45) is 5.85. The van der Waals surface area contributed by atoms with Crippen molar-refractivity contribution in [2.24, 2.45) is 5.92 Å². The van der Waals surface area contributed by atoms with Crippen molar-refractivity contribution in [1.29, 1.82) is 5.26 Å². The normalized spacial score (nSPS) is 43.4. The van der Waals surface area contributed by atoms with Gasteiger partial charge in [-0.2, -0.15) is 5.26 Å². The van der Waals surface area contributed by atoms with Gasteiger partial charge in [-0.25, -0.2) is 0 Å². The van der Waals surface area contributed by atoms with Crippen molar-refractivity contribution in [2.75, 3.05) is 6.54 Å². The molecule has 14 heavy (non-hydrogen) atoms. The van der Waals surface area contributed by atoms with Gasteiger partial charge in [-0.15, -0.1) is 0 Å². The molecule has 1 saturated carbocycles. The van der Waals surface area contributed by atoms with Crippen LogP contribution in [0.15, 0.2) is 0 Å². The minimum Gasteiger partial charge on any atom is -0.393 e. The van der Waals surface area contributed by atoms with Gasteiger partial charge in [0, 0.05) is 5.92 Å². The van der Waals surface area contributed by atoms with E-state index in [1.54, 1.807) is 0 Å². The molecule has 3 nitrogen and oxygen atoms in total. The van der Waals surface area contributed by atoms with Crippen LogP contribution in [0, 0.1) is 17.2 Å². The maximum Gasteiger partial charge on any atom is 0.112 e. The van der Waals surface area contributed by atoms with Gasteiger partial charge in [0.1, 0.15) is 5.54 Å². The maximum absolute atomic E-state index is 9.93. The minimum absolute atomic E-state index is 0.156. The Morgan fingerprint density at radius 2 is 2.07 bits per heavy atom. The van der Waals surface area contributed by atoms with Crippen LogP contribution < -0.4 is 5.32 Å². The van der Waals surface area contributed by atoms with Crippen LogP contribution in [0.4, 0.5) is 0 Å². The van der Waals surface area contributed by atoms with Gasteiger partial charge in [0.2, 0.25) is 0 Å². The highest BCUT2D eigenvalue weighted by Crippen LogP contribution is 2.37. The van der Waals surface area contributed by atoms with Crippen molar-refractivity contribution in [1.82, 2.24) is 5.32 Å². The number of hydrogen-bond acceptors (Lipinski definition) is 3. The van der Waals surface area contributed by atoms with Crippen molar-refractivity contribution in [2.45, 2.75) is 50.2 Å². The molecule has 0 aromatic heterocycles. The van der Waals surface area contributed by atoms with E-state index >= 15 is 0 Å². The summed E-state index contributed by atoms with van der Waals surface area (Å²) in [7, 11) is 0. The zero-order valence-corrected chi connectivity index (χ0v) is 8.50. The SMILES string of the molecule is N#CC1(C2CCCCC2O)CCCN1. The van der Waals surface area contributed by atoms with Crippen molar-refractivity contribution >= 4 is 0 Å². The number of nitrogens with zero attached hydrogens (tertiary/aromatic N) is 1. The summed E-state index contributed by atoms with van der Waals surface area (Å²) < 4.78 is 0. The van der Waals surface area contributed by atoms with E-state index in [9.17, 15) is 10.4 Å². The highest BCUT2D eigenvalue weighted by atomic mass is 16.3. The Hall–Kier alpha value is -0.590. The van der Waals surface area contributed by atoms with Gasteiger partial charge in [-0.3, -0.25) is 5.32 Å². The quantitative estimate of drug-likeness (QED) is 0.659. The molecule has 1 aliphatic heterocycles. The summed E-state index contributed by atoms with van der Waals surface area (Å²) in [4.78, 5) is 0. The highest BCUT2D eigenvalue weighted by molar-refractivity contribution is 5.15. The maximum atomic E-state index is 9.93. The average Bonchev–Trinajstić information content (AvgIpc) is 2.68. The van der Waals surface area contributed by atoms with E-state index in [-0.39, 0.29) is 12.0 Å². The van der Waals surface area contributed by atoms with Gasteiger partial charge >= 0.3 is 0 Å². The standard InChI is InChI=1S/C11H18N2O/c12-8-11(6-3-7-13-11)9-4-1-2-5-10(9)14/h9-10,13-14H,1-7H2. The predicted molar refractivity (Wildman–Crippen MR) is 53.5 cm³/mol. The van der Waals surface area contributed by atoms with Crippen LogP contribution in [-0.2, 0) is 0 Å². The number of aliphatic hydroxyl groups excluding tert-OH is 1. The molecular weight excluding hydrogens is 176 g/mol. The lowest BCUT2D eigenvalue weighted by Crippen LogP contribution is -2.51. The molecule has 2 rings (SSSR count). The van der Waals surface area contributed by atoms with Crippen LogP contribution in [0.25, 0.3) is 0 Å². The first-order valence-electron chi connectivity index (χ1n) is 5.63. The number of nitrogens with one attached hydrogen (secondary N) is 1. The number of nitriles is 1. The third-order valence-electron chi connectivity index (χ3n) is 3.75. The Morgan fingerprint density at radius 3 is 2.64 bits per heavy atom. The molecule has 0 bridgehead atoms. The van der Waals surface area contributed by atoms with Gasteiger partial charge in [-0.05, 0) is 32.2 Å². The first-order valence-corrected chi connectivity index (χ1v) is 5.63. The van der Waals surface area contributed by atoms with Crippen LogP contribution in [0.2, 0.25) is 0 Å². The molecule has 0 amide bonds. The second-order valence-electron chi connectivity index (χ2n) is 4.57. The summed E-state index contributed by atoms with van der Waals surface area (Å²) in [6, 6.07) is 2.41. The van der Waals surface area contributed by atoms with Crippen LogP contribution in [0.1, 0.15) is 38.5 Å². The zero-order chi connectivity index (χ0) is 10.0. The molecule has 0 radical (unpaired) electrons. The first kappa shape index (κ1) is 9.95. The fourth-order valence-electron chi connectivity index (χ4n) is 2.95. The number of hydrogen-bond donors (Lipinski definition) is 2. The van der Waals surface area contributed by atoms with E-state index in [2.05, 4.69) is 11.4 Å². The molecule has 3 atom stereocenters. The molecule has 3 heteroatoms. The van der Waals surface area contributed by atoms with E-state index in [0.29, 0.717) is 0 Å². The second-order valence-corrected chi connectivity index (χ2v) is 4.57. The molecule has 2 N–H and O–H groups in total. The third-order valence-corrected chi connectivity index (χ3v) is 3.75. The Balaban J connectivity index is 2.14. The van der Waals surface area contributed by atoms with Gasteiger partial charge in [0.05, 0.1) is 12.2 Å². The zero-order valence-electron chi connectivity index (χ0n) is 8.50. The molecule has 0 aromatic carbocycles. The number of rotatable bonds is 1.